The van der Waals surface area contributed by atoms with Crippen molar-refractivity contribution in [2.45, 2.75) is 0 Å². The molecule has 0 atom stereocenters. The minimum Gasteiger partial charge on any atom is -0.308 e. The van der Waals surface area contributed by atoms with E-state index in [0.29, 0.717) is 23.0 Å². The largest absolute Gasteiger partial charge is 0.308 e. The van der Waals surface area contributed by atoms with Gasteiger partial charge in [-0.2, -0.15) is 5.26 Å². The molecule has 0 amide bonds. The van der Waals surface area contributed by atoms with Crippen LogP contribution in [0.4, 0.5) is 0 Å². The zero-order valence-corrected chi connectivity index (χ0v) is 25.2. The Morgan fingerprint density at radius 1 is 0.522 bits per heavy atom. The van der Waals surface area contributed by atoms with Crippen molar-refractivity contribution >= 4 is 53.3 Å². The van der Waals surface area contributed by atoms with Crippen LogP contribution in [-0.4, -0.2) is 19.5 Å². The van der Waals surface area contributed by atoms with Gasteiger partial charge in [-0.3, -0.25) is 0 Å². The van der Waals surface area contributed by atoms with Gasteiger partial charge in [0, 0.05) is 48.6 Å². The van der Waals surface area contributed by atoms with Crippen LogP contribution in [0.15, 0.2) is 140 Å². The van der Waals surface area contributed by atoms with Gasteiger partial charge < -0.3 is 4.57 Å². The molecule has 0 fully saturated rings. The quantitative estimate of drug-likeness (QED) is 0.200. The molecule has 9 aromatic rings. The van der Waals surface area contributed by atoms with Gasteiger partial charge in [0.05, 0.1) is 27.4 Å². The molecule has 3 heterocycles. The number of hydrogen-bond donors (Lipinski definition) is 0. The standard InChI is InChI=1S/C40H23N5S/c41-24-25-9-8-12-28(23-25)40-43-38(26-10-2-1-3-11-26)42-39(44-40)27-17-19-29(20-18-27)45-34-15-6-4-13-30(34)32-21-22-33-31-14-5-7-16-35(31)46-37(33)36(32)45/h1-23H. The molecule has 6 aromatic carbocycles. The van der Waals surface area contributed by atoms with Crippen molar-refractivity contribution in [3.63, 3.8) is 0 Å². The first-order valence-electron chi connectivity index (χ1n) is 15.0. The summed E-state index contributed by atoms with van der Waals surface area (Å²) >= 11 is 1.85. The minimum atomic E-state index is 0.527. The monoisotopic (exact) mass is 605 g/mol. The van der Waals surface area contributed by atoms with Crippen molar-refractivity contribution in [1.82, 2.24) is 19.5 Å². The van der Waals surface area contributed by atoms with Crippen molar-refractivity contribution in [2.75, 3.05) is 0 Å². The Hall–Kier alpha value is -6.16. The Morgan fingerprint density at radius 3 is 1.93 bits per heavy atom. The summed E-state index contributed by atoms with van der Waals surface area (Å²) in [6.07, 6.45) is 0. The Morgan fingerprint density at radius 2 is 1.15 bits per heavy atom. The maximum Gasteiger partial charge on any atom is 0.164 e. The molecule has 5 nitrogen and oxygen atoms in total. The number of aromatic nitrogens is 4. The predicted molar refractivity (Wildman–Crippen MR) is 188 cm³/mol. The third-order valence-electron chi connectivity index (χ3n) is 8.48. The van der Waals surface area contributed by atoms with Crippen LogP contribution < -0.4 is 0 Å². The van der Waals surface area contributed by atoms with E-state index in [2.05, 4.69) is 95.6 Å². The number of para-hydroxylation sites is 1. The van der Waals surface area contributed by atoms with Gasteiger partial charge in [0.2, 0.25) is 0 Å². The normalized spacial score (nSPS) is 11.5. The molecular formula is C40H23N5S. The van der Waals surface area contributed by atoms with Crippen LogP contribution in [0.25, 0.3) is 81.8 Å². The fraction of sp³-hybridized carbons (Fsp3) is 0. The summed E-state index contributed by atoms with van der Waals surface area (Å²) in [6.45, 7) is 0. The van der Waals surface area contributed by atoms with Crippen LogP contribution in [-0.2, 0) is 0 Å². The van der Waals surface area contributed by atoms with Crippen molar-refractivity contribution in [1.29, 1.82) is 5.26 Å². The van der Waals surface area contributed by atoms with Gasteiger partial charge in [-0.05, 0) is 48.5 Å². The second kappa shape index (κ2) is 10.5. The van der Waals surface area contributed by atoms with E-state index in [1.807, 2.05) is 59.9 Å². The molecule has 46 heavy (non-hydrogen) atoms. The van der Waals surface area contributed by atoms with Crippen LogP contribution in [0, 0.1) is 11.3 Å². The fourth-order valence-electron chi connectivity index (χ4n) is 6.34. The second-order valence-electron chi connectivity index (χ2n) is 11.2. The van der Waals surface area contributed by atoms with E-state index in [0.717, 1.165) is 22.4 Å². The average molecular weight is 606 g/mol. The summed E-state index contributed by atoms with van der Waals surface area (Å²) in [5, 5.41) is 14.5. The van der Waals surface area contributed by atoms with Gasteiger partial charge >= 0.3 is 0 Å². The van der Waals surface area contributed by atoms with Crippen LogP contribution in [0.1, 0.15) is 5.56 Å². The molecule has 0 saturated carbocycles. The molecule has 0 aliphatic heterocycles. The lowest BCUT2D eigenvalue weighted by Gasteiger charge is -2.11. The van der Waals surface area contributed by atoms with Gasteiger partial charge in [-0.15, -0.1) is 11.3 Å². The number of nitriles is 1. The maximum absolute atomic E-state index is 9.50. The van der Waals surface area contributed by atoms with E-state index < -0.39 is 0 Å². The van der Waals surface area contributed by atoms with Crippen LogP contribution >= 0.6 is 11.3 Å². The first kappa shape index (κ1) is 26.3. The van der Waals surface area contributed by atoms with Gasteiger partial charge in [0.1, 0.15) is 0 Å². The summed E-state index contributed by atoms with van der Waals surface area (Å²) in [6, 6.07) is 49.8. The lowest BCUT2D eigenvalue weighted by atomic mass is 10.1. The third-order valence-corrected chi connectivity index (χ3v) is 9.67. The van der Waals surface area contributed by atoms with Crippen molar-refractivity contribution in [3.05, 3.63) is 145 Å². The van der Waals surface area contributed by atoms with Crippen LogP contribution in [0.5, 0.6) is 0 Å². The first-order chi connectivity index (χ1) is 22.7. The molecule has 0 aliphatic carbocycles. The number of thiophene rings is 1. The molecule has 6 heteroatoms. The summed E-state index contributed by atoms with van der Waals surface area (Å²) < 4.78 is 4.96. The van der Waals surface area contributed by atoms with E-state index >= 15 is 0 Å². The zero-order chi connectivity index (χ0) is 30.6. The van der Waals surface area contributed by atoms with Gasteiger partial charge in [0.15, 0.2) is 17.5 Å². The van der Waals surface area contributed by atoms with E-state index in [1.54, 1.807) is 6.07 Å². The molecule has 0 saturated heterocycles. The van der Waals surface area contributed by atoms with E-state index in [-0.39, 0.29) is 0 Å². The number of hydrogen-bond acceptors (Lipinski definition) is 5. The van der Waals surface area contributed by atoms with Gasteiger partial charge in [-0.1, -0.05) is 91.0 Å². The topological polar surface area (TPSA) is 67.4 Å². The summed E-state index contributed by atoms with van der Waals surface area (Å²) in [4.78, 5) is 14.6. The summed E-state index contributed by atoms with van der Waals surface area (Å²) in [5.41, 5.74) is 6.57. The molecular weight excluding hydrogens is 583 g/mol. The molecule has 0 N–H and O–H groups in total. The van der Waals surface area contributed by atoms with E-state index in [4.69, 9.17) is 15.0 Å². The van der Waals surface area contributed by atoms with E-state index in [9.17, 15) is 5.26 Å². The maximum atomic E-state index is 9.50. The van der Waals surface area contributed by atoms with Crippen LogP contribution in [0.3, 0.4) is 0 Å². The highest BCUT2D eigenvalue weighted by Gasteiger charge is 2.18. The molecule has 214 valence electrons. The molecule has 0 spiro atoms. The van der Waals surface area contributed by atoms with Crippen molar-refractivity contribution in [2.24, 2.45) is 0 Å². The zero-order valence-electron chi connectivity index (χ0n) is 24.4. The Kier molecular flexibility index (Phi) is 5.98. The fourth-order valence-corrected chi connectivity index (χ4v) is 7.58. The molecule has 3 aromatic heterocycles. The summed E-state index contributed by atoms with van der Waals surface area (Å²) in [7, 11) is 0. The Labute approximate surface area is 268 Å². The number of nitrogens with zero attached hydrogens (tertiary/aromatic N) is 5. The minimum absolute atomic E-state index is 0.527. The number of benzene rings is 6. The van der Waals surface area contributed by atoms with E-state index in [1.165, 1.54) is 42.0 Å². The lowest BCUT2D eigenvalue weighted by molar-refractivity contribution is 1.07. The van der Waals surface area contributed by atoms with Crippen LogP contribution in [0.2, 0.25) is 0 Å². The molecule has 0 bridgehead atoms. The SMILES string of the molecule is N#Cc1cccc(-c2nc(-c3ccccc3)nc(-c3ccc(-n4c5ccccc5c5ccc6c7ccccc7sc6c54)cc3)n2)c1. The summed E-state index contributed by atoms with van der Waals surface area (Å²) in [5.74, 6) is 1.69. The molecule has 0 unspecified atom stereocenters. The highest BCUT2D eigenvalue weighted by Crippen LogP contribution is 2.43. The average Bonchev–Trinajstić information content (AvgIpc) is 3.68. The lowest BCUT2D eigenvalue weighted by Crippen LogP contribution is -2.00. The van der Waals surface area contributed by atoms with Gasteiger partial charge in [-0.25, -0.2) is 15.0 Å². The second-order valence-corrected chi connectivity index (χ2v) is 12.3. The smallest absolute Gasteiger partial charge is 0.164 e. The first-order valence-corrected chi connectivity index (χ1v) is 15.8. The van der Waals surface area contributed by atoms with Crippen molar-refractivity contribution in [3.8, 4) is 45.9 Å². The Bertz CT molecular complexity index is 2640. The number of fused-ring (bicyclic) bond motifs is 7. The van der Waals surface area contributed by atoms with Gasteiger partial charge in [0.25, 0.3) is 0 Å². The predicted octanol–water partition coefficient (Wildman–Crippen LogP) is 10.2. The molecule has 0 radical (unpaired) electrons. The Balaban J connectivity index is 1.23. The highest BCUT2D eigenvalue weighted by atomic mass is 32.1. The van der Waals surface area contributed by atoms with Crippen molar-refractivity contribution < 1.29 is 0 Å². The number of rotatable bonds is 4. The molecule has 9 rings (SSSR count). The third kappa shape index (κ3) is 4.18. The highest BCUT2D eigenvalue weighted by molar-refractivity contribution is 7.26. The molecule has 0 aliphatic rings.